The van der Waals surface area contributed by atoms with Crippen LogP contribution in [0.15, 0.2) is 18.3 Å². The summed E-state index contributed by atoms with van der Waals surface area (Å²) < 4.78 is 0. The van der Waals surface area contributed by atoms with Crippen LogP contribution in [0.5, 0.6) is 0 Å². The highest BCUT2D eigenvalue weighted by molar-refractivity contribution is 5.76. The minimum absolute atomic E-state index is 0.276. The molecule has 0 bridgehead atoms. The zero-order valence-electron chi connectivity index (χ0n) is 12.4. The van der Waals surface area contributed by atoms with E-state index < -0.39 is 0 Å². The van der Waals surface area contributed by atoms with Gasteiger partial charge in [0, 0.05) is 31.4 Å². The van der Waals surface area contributed by atoms with E-state index in [9.17, 15) is 4.79 Å². The lowest BCUT2D eigenvalue weighted by atomic mass is 10.1. The van der Waals surface area contributed by atoms with E-state index >= 15 is 0 Å². The van der Waals surface area contributed by atoms with Crippen molar-refractivity contribution in [2.45, 2.75) is 52.0 Å². The molecule has 1 amide bonds. The second-order valence-electron chi connectivity index (χ2n) is 5.44. The molecule has 1 aromatic heterocycles. The molecule has 1 aromatic rings. The van der Waals surface area contributed by atoms with E-state index in [1.54, 1.807) is 0 Å². The van der Waals surface area contributed by atoms with E-state index in [2.05, 4.69) is 23.3 Å². The van der Waals surface area contributed by atoms with Crippen molar-refractivity contribution in [3.05, 3.63) is 24.0 Å². The maximum absolute atomic E-state index is 12.1. The summed E-state index contributed by atoms with van der Waals surface area (Å²) in [7, 11) is 0. The smallest absolute Gasteiger partial charge is 0.222 e. The normalized spacial score (nSPS) is 16.6. The van der Waals surface area contributed by atoms with Crippen LogP contribution in [0.3, 0.4) is 0 Å². The molecule has 4 nitrogen and oxygen atoms in total. The quantitative estimate of drug-likeness (QED) is 0.897. The summed E-state index contributed by atoms with van der Waals surface area (Å²) in [5.41, 5.74) is 2.07. The Labute approximate surface area is 121 Å². The number of aromatic nitrogens is 1. The van der Waals surface area contributed by atoms with Crippen LogP contribution in [0.2, 0.25) is 0 Å². The van der Waals surface area contributed by atoms with Gasteiger partial charge in [-0.2, -0.15) is 0 Å². The molecular formula is C16H25N3O. The van der Waals surface area contributed by atoms with Crippen molar-refractivity contribution in [1.29, 1.82) is 0 Å². The molecule has 0 spiro atoms. The highest BCUT2D eigenvalue weighted by Crippen LogP contribution is 2.15. The molecule has 0 aliphatic carbocycles. The third kappa shape index (κ3) is 4.51. The number of nitrogens with one attached hydrogen (secondary N) is 1. The Kier molecular flexibility index (Phi) is 5.84. The Morgan fingerprint density at radius 3 is 3.00 bits per heavy atom. The number of hydrogen-bond acceptors (Lipinski definition) is 3. The van der Waals surface area contributed by atoms with Gasteiger partial charge in [0.05, 0.1) is 12.2 Å². The first-order valence-corrected chi connectivity index (χ1v) is 7.76. The number of hydrogen-bond donors (Lipinski definition) is 1. The van der Waals surface area contributed by atoms with Gasteiger partial charge < -0.3 is 10.2 Å². The number of rotatable bonds is 5. The van der Waals surface area contributed by atoms with E-state index in [1.807, 2.05) is 17.2 Å². The van der Waals surface area contributed by atoms with E-state index in [-0.39, 0.29) is 5.91 Å². The number of carbonyl (C=O) groups is 1. The van der Waals surface area contributed by atoms with Gasteiger partial charge in [0.1, 0.15) is 0 Å². The molecule has 0 radical (unpaired) electrons. The number of nitrogens with zero attached hydrogens (tertiary/aromatic N) is 2. The van der Waals surface area contributed by atoms with Crippen LogP contribution in [-0.2, 0) is 11.3 Å². The van der Waals surface area contributed by atoms with Gasteiger partial charge in [0.2, 0.25) is 5.91 Å². The summed E-state index contributed by atoms with van der Waals surface area (Å²) in [6.45, 7) is 4.62. The Balaban J connectivity index is 1.98. The largest absolute Gasteiger partial charge is 0.385 e. The van der Waals surface area contributed by atoms with E-state index in [0.717, 1.165) is 43.7 Å². The maximum Gasteiger partial charge on any atom is 0.222 e. The van der Waals surface area contributed by atoms with Crippen molar-refractivity contribution < 1.29 is 4.79 Å². The van der Waals surface area contributed by atoms with E-state index in [4.69, 9.17) is 0 Å². The lowest BCUT2D eigenvalue weighted by molar-refractivity contribution is -0.132. The fourth-order valence-corrected chi connectivity index (χ4v) is 2.52. The van der Waals surface area contributed by atoms with Crippen molar-refractivity contribution >= 4 is 11.6 Å². The molecule has 0 aromatic carbocycles. The van der Waals surface area contributed by atoms with Gasteiger partial charge in [-0.3, -0.25) is 9.78 Å². The van der Waals surface area contributed by atoms with Crippen LogP contribution < -0.4 is 5.32 Å². The fraction of sp³-hybridized carbons (Fsp3) is 0.625. The number of carbonyl (C=O) groups excluding carboxylic acids is 1. The highest BCUT2D eigenvalue weighted by atomic mass is 16.2. The Morgan fingerprint density at radius 2 is 2.15 bits per heavy atom. The van der Waals surface area contributed by atoms with Crippen molar-refractivity contribution in [1.82, 2.24) is 9.88 Å². The first-order chi connectivity index (χ1) is 9.79. The molecule has 20 heavy (non-hydrogen) atoms. The van der Waals surface area contributed by atoms with Crippen molar-refractivity contribution in [2.24, 2.45) is 0 Å². The average molecular weight is 275 g/mol. The number of pyridine rings is 1. The predicted molar refractivity (Wildman–Crippen MR) is 81.5 cm³/mol. The molecule has 110 valence electrons. The average Bonchev–Trinajstić information content (AvgIpc) is 2.45. The number of likely N-dealkylation sites (tertiary alicyclic amines) is 1. The molecular weight excluding hydrogens is 250 g/mol. The van der Waals surface area contributed by atoms with Crippen LogP contribution in [0.4, 0.5) is 5.69 Å². The Morgan fingerprint density at radius 1 is 1.30 bits per heavy atom. The van der Waals surface area contributed by atoms with Crippen molar-refractivity contribution in [2.75, 3.05) is 18.4 Å². The molecule has 1 saturated heterocycles. The summed E-state index contributed by atoms with van der Waals surface area (Å²) in [4.78, 5) is 18.5. The number of anilines is 1. The predicted octanol–water partition coefficient (Wildman–Crippen LogP) is 3.20. The van der Waals surface area contributed by atoms with Gasteiger partial charge in [-0.25, -0.2) is 0 Å². The zero-order valence-corrected chi connectivity index (χ0v) is 12.4. The van der Waals surface area contributed by atoms with Crippen LogP contribution in [-0.4, -0.2) is 28.9 Å². The van der Waals surface area contributed by atoms with Gasteiger partial charge >= 0.3 is 0 Å². The Hall–Kier alpha value is -1.58. The summed E-state index contributed by atoms with van der Waals surface area (Å²) in [6, 6.07) is 4.04. The summed E-state index contributed by atoms with van der Waals surface area (Å²) in [5, 5.41) is 3.36. The number of amides is 1. The third-order valence-electron chi connectivity index (χ3n) is 3.67. The first-order valence-electron chi connectivity index (χ1n) is 7.76. The molecule has 0 atom stereocenters. The highest BCUT2D eigenvalue weighted by Gasteiger charge is 2.16. The van der Waals surface area contributed by atoms with Gasteiger partial charge in [0.25, 0.3) is 0 Å². The third-order valence-corrected chi connectivity index (χ3v) is 3.67. The van der Waals surface area contributed by atoms with Crippen LogP contribution in [0, 0.1) is 0 Å². The first kappa shape index (κ1) is 14.8. The fourth-order valence-electron chi connectivity index (χ4n) is 2.52. The topological polar surface area (TPSA) is 45.2 Å². The molecule has 2 heterocycles. The summed E-state index contributed by atoms with van der Waals surface area (Å²) in [6.07, 6.45) is 8.17. The van der Waals surface area contributed by atoms with Crippen molar-refractivity contribution in [3.63, 3.8) is 0 Å². The second-order valence-corrected chi connectivity index (χ2v) is 5.44. The molecule has 4 heteroatoms. The minimum atomic E-state index is 0.276. The van der Waals surface area contributed by atoms with Gasteiger partial charge in [-0.05, 0) is 31.4 Å². The molecule has 1 aliphatic rings. The molecule has 1 aliphatic heterocycles. The standard InChI is InChI=1S/C16H25N3O/c1-2-9-17-14-8-10-18-15(12-14)13-19-11-6-4-3-5-7-16(19)20/h8,10,12H,2-7,9,11,13H2,1H3,(H,17,18). The zero-order chi connectivity index (χ0) is 14.2. The summed E-state index contributed by atoms with van der Waals surface area (Å²) in [5.74, 6) is 0.276. The van der Waals surface area contributed by atoms with E-state index in [1.165, 1.54) is 12.8 Å². The second kappa shape index (κ2) is 7.88. The molecule has 1 fully saturated rings. The van der Waals surface area contributed by atoms with Crippen LogP contribution in [0.1, 0.15) is 51.1 Å². The SMILES string of the molecule is CCCNc1ccnc(CN2CCCCCCC2=O)c1. The minimum Gasteiger partial charge on any atom is -0.385 e. The van der Waals surface area contributed by atoms with Crippen LogP contribution in [0.25, 0.3) is 0 Å². The van der Waals surface area contributed by atoms with Crippen LogP contribution >= 0.6 is 0 Å². The lowest BCUT2D eigenvalue weighted by Gasteiger charge is -2.24. The Bertz CT molecular complexity index is 433. The molecule has 2 rings (SSSR count). The molecule has 1 N–H and O–H groups in total. The monoisotopic (exact) mass is 275 g/mol. The van der Waals surface area contributed by atoms with Gasteiger partial charge in [-0.1, -0.05) is 19.8 Å². The summed E-state index contributed by atoms with van der Waals surface area (Å²) >= 11 is 0. The molecule has 0 unspecified atom stereocenters. The van der Waals surface area contributed by atoms with E-state index in [0.29, 0.717) is 13.0 Å². The van der Waals surface area contributed by atoms with Crippen molar-refractivity contribution in [3.8, 4) is 0 Å². The lowest BCUT2D eigenvalue weighted by Crippen LogP contribution is -2.32. The molecule has 0 saturated carbocycles. The maximum atomic E-state index is 12.1. The van der Waals surface area contributed by atoms with Gasteiger partial charge in [-0.15, -0.1) is 0 Å². The van der Waals surface area contributed by atoms with Gasteiger partial charge in [0.15, 0.2) is 0 Å².